The van der Waals surface area contributed by atoms with Crippen molar-refractivity contribution in [3.05, 3.63) is 36.0 Å². The molecule has 0 saturated carbocycles. The Balaban J connectivity index is 2.00. The number of aromatic amines is 1. The van der Waals surface area contributed by atoms with Gasteiger partial charge in [0.25, 0.3) is 5.91 Å². The van der Waals surface area contributed by atoms with Gasteiger partial charge in [-0.05, 0) is 18.9 Å². The molecule has 0 radical (unpaired) electrons. The Kier molecular flexibility index (Phi) is 4.70. The van der Waals surface area contributed by atoms with E-state index in [4.69, 9.17) is 4.74 Å². The predicted molar refractivity (Wildman–Crippen MR) is 85.6 cm³/mol. The number of fused-ring (bicyclic) bond motifs is 1. The van der Waals surface area contributed by atoms with Gasteiger partial charge in [0.1, 0.15) is 5.54 Å². The van der Waals surface area contributed by atoms with E-state index < -0.39 is 24.0 Å². The normalized spacial score (nSPS) is 13.3. The summed E-state index contributed by atoms with van der Waals surface area (Å²) in [5.74, 6) is -1.16. The number of carbonyl (C=O) groups excluding carboxylic acids is 2. The maximum absolute atomic E-state index is 12.1. The van der Waals surface area contributed by atoms with Gasteiger partial charge in [0.05, 0.1) is 11.6 Å². The molecule has 0 aliphatic heterocycles. The summed E-state index contributed by atoms with van der Waals surface area (Å²) in [5.41, 5.74) is 0.200. The van der Waals surface area contributed by atoms with Crippen molar-refractivity contribution < 1.29 is 14.3 Å². The molecule has 0 aliphatic carbocycles. The second-order valence-corrected chi connectivity index (χ2v) is 5.84. The molecule has 0 spiro atoms. The van der Waals surface area contributed by atoms with E-state index in [2.05, 4.69) is 16.4 Å². The maximum Gasteiger partial charge on any atom is 0.340 e. The van der Waals surface area contributed by atoms with E-state index in [9.17, 15) is 14.9 Å². The van der Waals surface area contributed by atoms with Crippen molar-refractivity contribution in [3.8, 4) is 6.07 Å². The number of ether oxygens (including phenoxy) is 1. The molecule has 0 aliphatic rings. The van der Waals surface area contributed by atoms with Crippen LogP contribution in [0.1, 0.15) is 31.1 Å². The van der Waals surface area contributed by atoms with Gasteiger partial charge in [-0.3, -0.25) is 4.79 Å². The highest BCUT2D eigenvalue weighted by molar-refractivity contribution is 6.04. The molecule has 1 atom stereocenters. The SMILES string of the molecule is CC(C)C(C)(C#N)NC(=O)COC(=O)c1c[nH]c2ccccc12. The van der Waals surface area contributed by atoms with Crippen LogP contribution in [0.15, 0.2) is 30.5 Å². The van der Waals surface area contributed by atoms with Crippen molar-refractivity contribution in [3.63, 3.8) is 0 Å². The first-order valence-corrected chi connectivity index (χ1v) is 7.33. The fourth-order valence-corrected chi connectivity index (χ4v) is 2.08. The molecule has 0 bridgehead atoms. The van der Waals surface area contributed by atoms with Gasteiger partial charge >= 0.3 is 5.97 Å². The first-order chi connectivity index (χ1) is 10.9. The average molecular weight is 313 g/mol. The number of aromatic nitrogens is 1. The van der Waals surface area contributed by atoms with Crippen LogP contribution in [0.2, 0.25) is 0 Å². The lowest BCUT2D eigenvalue weighted by atomic mass is 9.90. The number of esters is 1. The molecule has 0 saturated heterocycles. The molecule has 0 fully saturated rings. The van der Waals surface area contributed by atoms with Crippen LogP contribution in [0.4, 0.5) is 0 Å². The number of amides is 1. The van der Waals surface area contributed by atoms with Crippen molar-refractivity contribution in [2.45, 2.75) is 26.3 Å². The minimum atomic E-state index is -0.996. The van der Waals surface area contributed by atoms with E-state index in [0.29, 0.717) is 5.56 Å². The Morgan fingerprint density at radius 2 is 2.09 bits per heavy atom. The van der Waals surface area contributed by atoms with Crippen molar-refractivity contribution in [1.29, 1.82) is 5.26 Å². The maximum atomic E-state index is 12.1. The highest BCUT2D eigenvalue weighted by Gasteiger charge is 2.30. The lowest BCUT2D eigenvalue weighted by Gasteiger charge is -2.27. The number of nitriles is 1. The minimum Gasteiger partial charge on any atom is -0.452 e. The molecule has 2 aromatic rings. The molecular formula is C17H19N3O3. The number of H-pyrrole nitrogens is 1. The molecule has 1 heterocycles. The fraction of sp³-hybridized carbons (Fsp3) is 0.353. The molecule has 1 aromatic heterocycles. The molecule has 1 amide bonds. The largest absolute Gasteiger partial charge is 0.452 e. The Bertz CT molecular complexity index is 773. The standard InChI is InChI=1S/C17H19N3O3/c1-11(2)17(3,10-18)20-15(21)9-23-16(22)13-8-19-14-7-5-4-6-12(13)14/h4-8,11,19H,9H2,1-3H3,(H,20,21). The van der Waals surface area contributed by atoms with E-state index in [0.717, 1.165) is 10.9 Å². The van der Waals surface area contributed by atoms with Gasteiger partial charge in [0, 0.05) is 17.1 Å². The van der Waals surface area contributed by atoms with Crippen molar-refractivity contribution >= 4 is 22.8 Å². The summed E-state index contributed by atoms with van der Waals surface area (Å²) in [5, 5.41) is 12.5. The van der Waals surface area contributed by atoms with Gasteiger partial charge in [0.15, 0.2) is 6.61 Å². The average Bonchev–Trinajstić information content (AvgIpc) is 2.96. The molecule has 6 nitrogen and oxygen atoms in total. The monoisotopic (exact) mass is 313 g/mol. The van der Waals surface area contributed by atoms with Gasteiger partial charge < -0.3 is 15.0 Å². The summed E-state index contributed by atoms with van der Waals surface area (Å²) in [7, 11) is 0. The van der Waals surface area contributed by atoms with E-state index in [1.807, 2.05) is 32.0 Å². The van der Waals surface area contributed by atoms with Gasteiger partial charge in [-0.25, -0.2) is 4.79 Å². The van der Waals surface area contributed by atoms with Crippen LogP contribution in [0.25, 0.3) is 10.9 Å². The van der Waals surface area contributed by atoms with Crippen LogP contribution in [-0.4, -0.2) is 29.0 Å². The van der Waals surface area contributed by atoms with E-state index >= 15 is 0 Å². The molecule has 1 unspecified atom stereocenters. The number of hydrogen-bond donors (Lipinski definition) is 2. The Labute approximate surface area is 134 Å². The zero-order chi connectivity index (χ0) is 17.0. The van der Waals surface area contributed by atoms with E-state index in [1.165, 1.54) is 0 Å². The Morgan fingerprint density at radius 1 is 1.39 bits per heavy atom. The van der Waals surface area contributed by atoms with Crippen LogP contribution >= 0.6 is 0 Å². The van der Waals surface area contributed by atoms with Gasteiger partial charge in [-0.2, -0.15) is 5.26 Å². The number of rotatable bonds is 5. The molecular weight excluding hydrogens is 294 g/mol. The van der Waals surface area contributed by atoms with Crippen LogP contribution in [0.3, 0.4) is 0 Å². The lowest BCUT2D eigenvalue weighted by molar-refractivity contribution is -0.125. The van der Waals surface area contributed by atoms with Gasteiger partial charge in [-0.1, -0.05) is 32.0 Å². The summed E-state index contributed by atoms with van der Waals surface area (Å²) in [6, 6.07) is 9.39. The highest BCUT2D eigenvalue weighted by Crippen LogP contribution is 2.18. The van der Waals surface area contributed by atoms with Crippen molar-refractivity contribution in [1.82, 2.24) is 10.3 Å². The summed E-state index contributed by atoms with van der Waals surface area (Å²) in [6.45, 7) is 4.88. The summed E-state index contributed by atoms with van der Waals surface area (Å²) in [6.07, 6.45) is 1.55. The number of nitrogens with one attached hydrogen (secondary N) is 2. The number of para-hydroxylation sites is 1. The lowest BCUT2D eigenvalue weighted by Crippen LogP contribution is -2.50. The summed E-state index contributed by atoms with van der Waals surface area (Å²) in [4.78, 5) is 27.0. The topological polar surface area (TPSA) is 95.0 Å². The first-order valence-electron chi connectivity index (χ1n) is 7.33. The zero-order valence-electron chi connectivity index (χ0n) is 13.3. The van der Waals surface area contributed by atoms with Gasteiger partial charge in [-0.15, -0.1) is 0 Å². The number of carbonyl (C=O) groups is 2. The molecule has 2 rings (SSSR count). The van der Waals surface area contributed by atoms with Crippen LogP contribution in [-0.2, 0) is 9.53 Å². The summed E-state index contributed by atoms with van der Waals surface area (Å²) >= 11 is 0. The molecule has 120 valence electrons. The third-order valence-electron chi connectivity index (χ3n) is 3.93. The molecule has 1 aromatic carbocycles. The fourth-order valence-electron chi connectivity index (χ4n) is 2.08. The quantitative estimate of drug-likeness (QED) is 0.828. The third-order valence-corrected chi connectivity index (χ3v) is 3.93. The van der Waals surface area contributed by atoms with E-state index in [-0.39, 0.29) is 5.92 Å². The van der Waals surface area contributed by atoms with Crippen molar-refractivity contribution in [2.24, 2.45) is 5.92 Å². The van der Waals surface area contributed by atoms with Crippen LogP contribution in [0, 0.1) is 17.2 Å². The second kappa shape index (κ2) is 6.53. The van der Waals surface area contributed by atoms with E-state index in [1.54, 1.807) is 19.2 Å². The molecule has 2 N–H and O–H groups in total. The third kappa shape index (κ3) is 3.51. The zero-order valence-corrected chi connectivity index (χ0v) is 13.3. The number of nitrogens with zero attached hydrogens (tertiary/aromatic N) is 1. The first kappa shape index (κ1) is 16.6. The number of benzene rings is 1. The van der Waals surface area contributed by atoms with Crippen molar-refractivity contribution in [2.75, 3.05) is 6.61 Å². The van der Waals surface area contributed by atoms with Gasteiger partial charge in [0.2, 0.25) is 0 Å². The highest BCUT2D eigenvalue weighted by atomic mass is 16.5. The van der Waals surface area contributed by atoms with Crippen LogP contribution < -0.4 is 5.32 Å². The smallest absolute Gasteiger partial charge is 0.340 e. The Hall–Kier alpha value is -2.81. The predicted octanol–water partition coefficient (Wildman–Crippen LogP) is 2.38. The Morgan fingerprint density at radius 3 is 2.74 bits per heavy atom. The molecule has 23 heavy (non-hydrogen) atoms. The number of hydrogen-bond acceptors (Lipinski definition) is 4. The molecule has 6 heteroatoms. The summed E-state index contributed by atoms with van der Waals surface area (Å²) < 4.78 is 5.05. The van der Waals surface area contributed by atoms with Crippen LogP contribution in [0.5, 0.6) is 0 Å². The second-order valence-electron chi connectivity index (χ2n) is 5.84. The minimum absolute atomic E-state index is 0.0687.